The van der Waals surface area contributed by atoms with Gasteiger partial charge in [0.05, 0.1) is 6.61 Å². The molecule has 4 nitrogen and oxygen atoms in total. The highest BCUT2D eigenvalue weighted by molar-refractivity contribution is 5.81. The van der Waals surface area contributed by atoms with Crippen LogP contribution < -0.4 is 10.5 Å². The predicted octanol–water partition coefficient (Wildman–Crippen LogP) is 1.65. The average Bonchev–Trinajstić information content (AvgIpc) is 2.20. The molecule has 1 rings (SSSR count). The standard InChI is InChI=1S/C12H17NO3/c1-4-16-10-6-5-8(2)7-9(10)12(3,13)11(14)15/h5-7H,4,13H2,1-3H3,(H,14,15). The highest BCUT2D eigenvalue weighted by atomic mass is 16.5. The molecule has 0 saturated heterocycles. The lowest BCUT2D eigenvalue weighted by Gasteiger charge is -2.23. The van der Waals surface area contributed by atoms with Gasteiger partial charge in [-0.3, -0.25) is 0 Å². The molecule has 0 radical (unpaired) electrons. The molecular weight excluding hydrogens is 206 g/mol. The molecule has 1 unspecified atom stereocenters. The maximum Gasteiger partial charge on any atom is 0.328 e. The van der Waals surface area contributed by atoms with E-state index in [1.807, 2.05) is 19.9 Å². The zero-order valence-electron chi connectivity index (χ0n) is 9.78. The summed E-state index contributed by atoms with van der Waals surface area (Å²) < 4.78 is 5.39. The van der Waals surface area contributed by atoms with Crippen molar-refractivity contribution in [2.75, 3.05) is 6.61 Å². The van der Waals surface area contributed by atoms with Crippen LogP contribution in [0, 0.1) is 6.92 Å². The van der Waals surface area contributed by atoms with E-state index < -0.39 is 11.5 Å². The maximum atomic E-state index is 11.1. The minimum atomic E-state index is -1.43. The quantitative estimate of drug-likeness (QED) is 0.814. The second kappa shape index (κ2) is 4.53. The van der Waals surface area contributed by atoms with Gasteiger partial charge in [-0.1, -0.05) is 11.6 Å². The summed E-state index contributed by atoms with van der Waals surface area (Å²) in [5.74, 6) is -0.542. The number of nitrogens with two attached hydrogens (primary N) is 1. The zero-order chi connectivity index (χ0) is 12.3. The molecule has 0 bridgehead atoms. The van der Waals surface area contributed by atoms with Gasteiger partial charge in [0.1, 0.15) is 11.3 Å². The summed E-state index contributed by atoms with van der Waals surface area (Å²) in [7, 11) is 0. The number of aliphatic carboxylic acids is 1. The Morgan fingerprint density at radius 2 is 2.19 bits per heavy atom. The van der Waals surface area contributed by atoms with Crippen LogP contribution in [0.25, 0.3) is 0 Å². The molecule has 88 valence electrons. The molecule has 1 aromatic rings. The van der Waals surface area contributed by atoms with Gasteiger partial charge in [-0.15, -0.1) is 0 Å². The lowest BCUT2D eigenvalue weighted by molar-refractivity contribution is -0.143. The third-order valence-electron chi connectivity index (χ3n) is 2.44. The van der Waals surface area contributed by atoms with Crippen molar-refractivity contribution in [3.8, 4) is 5.75 Å². The first-order valence-corrected chi connectivity index (χ1v) is 5.15. The van der Waals surface area contributed by atoms with Crippen LogP contribution in [-0.4, -0.2) is 17.7 Å². The summed E-state index contributed by atoms with van der Waals surface area (Å²) in [5.41, 5.74) is 5.82. The van der Waals surface area contributed by atoms with Gasteiger partial charge in [-0.05, 0) is 32.9 Å². The van der Waals surface area contributed by atoms with Crippen molar-refractivity contribution >= 4 is 5.97 Å². The number of rotatable bonds is 4. The Morgan fingerprint density at radius 1 is 1.56 bits per heavy atom. The monoisotopic (exact) mass is 223 g/mol. The van der Waals surface area contributed by atoms with Crippen LogP contribution in [0.2, 0.25) is 0 Å². The Bertz CT molecular complexity index is 399. The van der Waals surface area contributed by atoms with Crippen molar-refractivity contribution in [2.45, 2.75) is 26.3 Å². The number of carboxylic acids is 1. The van der Waals surface area contributed by atoms with E-state index in [4.69, 9.17) is 15.6 Å². The van der Waals surface area contributed by atoms with Gasteiger partial charge in [0, 0.05) is 5.56 Å². The number of carboxylic acid groups (broad SMARTS) is 1. The summed E-state index contributed by atoms with van der Waals surface area (Å²) in [6, 6.07) is 5.37. The van der Waals surface area contributed by atoms with Crippen molar-refractivity contribution in [1.29, 1.82) is 0 Å². The molecule has 0 spiro atoms. The van der Waals surface area contributed by atoms with Crippen LogP contribution in [0.4, 0.5) is 0 Å². The van der Waals surface area contributed by atoms with E-state index in [-0.39, 0.29) is 0 Å². The van der Waals surface area contributed by atoms with Crippen LogP contribution in [0.15, 0.2) is 18.2 Å². The van der Waals surface area contributed by atoms with Crippen molar-refractivity contribution < 1.29 is 14.6 Å². The maximum absolute atomic E-state index is 11.1. The van der Waals surface area contributed by atoms with E-state index >= 15 is 0 Å². The summed E-state index contributed by atoms with van der Waals surface area (Å²) >= 11 is 0. The number of hydrogen-bond donors (Lipinski definition) is 2. The molecule has 0 aromatic heterocycles. The Labute approximate surface area is 95.0 Å². The fourth-order valence-electron chi connectivity index (χ4n) is 1.45. The van der Waals surface area contributed by atoms with Gasteiger partial charge in [-0.25, -0.2) is 4.79 Å². The largest absolute Gasteiger partial charge is 0.494 e. The van der Waals surface area contributed by atoms with Crippen molar-refractivity contribution in [3.05, 3.63) is 29.3 Å². The first kappa shape index (κ1) is 12.5. The van der Waals surface area contributed by atoms with Crippen LogP contribution in [0.1, 0.15) is 25.0 Å². The summed E-state index contributed by atoms with van der Waals surface area (Å²) in [6.07, 6.45) is 0. The Morgan fingerprint density at radius 3 is 2.69 bits per heavy atom. The van der Waals surface area contributed by atoms with E-state index in [1.54, 1.807) is 12.1 Å². The minimum absolute atomic E-state index is 0.478. The molecule has 1 aromatic carbocycles. The van der Waals surface area contributed by atoms with Gasteiger partial charge >= 0.3 is 5.97 Å². The van der Waals surface area contributed by atoms with Crippen molar-refractivity contribution in [3.63, 3.8) is 0 Å². The molecule has 0 aliphatic heterocycles. The highest BCUT2D eigenvalue weighted by Gasteiger charge is 2.33. The van der Waals surface area contributed by atoms with Gasteiger partial charge in [0.15, 0.2) is 0 Å². The highest BCUT2D eigenvalue weighted by Crippen LogP contribution is 2.29. The number of carbonyl (C=O) groups is 1. The molecule has 0 amide bonds. The Hall–Kier alpha value is -1.55. The van der Waals surface area contributed by atoms with Gasteiger partial charge in [0.2, 0.25) is 0 Å². The lowest BCUT2D eigenvalue weighted by atomic mass is 9.91. The Kier molecular flexibility index (Phi) is 3.55. The third kappa shape index (κ3) is 2.33. The Balaban J connectivity index is 3.29. The first-order chi connectivity index (χ1) is 7.39. The second-order valence-electron chi connectivity index (χ2n) is 3.94. The molecule has 16 heavy (non-hydrogen) atoms. The van der Waals surface area contributed by atoms with E-state index in [0.29, 0.717) is 17.9 Å². The third-order valence-corrected chi connectivity index (χ3v) is 2.44. The topological polar surface area (TPSA) is 72.5 Å². The van der Waals surface area contributed by atoms with E-state index in [1.165, 1.54) is 6.92 Å². The number of hydrogen-bond acceptors (Lipinski definition) is 3. The van der Waals surface area contributed by atoms with Crippen LogP contribution in [0.3, 0.4) is 0 Å². The molecule has 0 heterocycles. The number of aryl methyl sites for hydroxylation is 1. The van der Waals surface area contributed by atoms with Gasteiger partial charge < -0.3 is 15.6 Å². The smallest absolute Gasteiger partial charge is 0.328 e. The van der Waals surface area contributed by atoms with Crippen LogP contribution >= 0.6 is 0 Å². The molecular formula is C12H17NO3. The summed E-state index contributed by atoms with van der Waals surface area (Å²) in [4.78, 5) is 11.1. The number of ether oxygens (including phenoxy) is 1. The van der Waals surface area contributed by atoms with Crippen LogP contribution in [0.5, 0.6) is 5.75 Å². The molecule has 3 N–H and O–H groups in total. The first-order valence-electron chi connectivity index (χ1n) is 5.15. The second-order valence-corrected chi connectivity index (χ2v) is 3.94. The lowest BCUT2D eigenvalue weighted by Crippen LogP contribution is -2.42. The molecule has 0 fully saturated rings. The van der Waals surface area contributed by atoms with Crippen LogP contribution in [-0.2, 0) is 10.3 Å². The fraction of sp³-hybridized carbons (Fsp3) is 0.417. The predicted molar refractivity (Wildman–Crippen MR) is 61.5 cm³/mol. The molecule has 0 aliphatic carbocycles. The molecule has 0 aliphatic rings. The molecule has 0 saturated carbocycles. The fourth-order valence-corrected chi connectivity index (χ4v) is 1.45. The van der Waals surface area contributed by atoms with E-state index in [9.17, 15) is 4.79 Å². The summed E-state index contributed by atoms with van der Waals surface area (Å²) in [5, 5.41) is 9.10. The SMILES string of the molecule is CCOc1ccc(C)cc1C(C)(N)C(=O)O. The normalized spacial score (nSPS) is 14.2. The number of benzene rings is 1. The van der Waals surface area contributed by atoms with Gasteiger partial charge in [-0.2, -0.15) is 0 Å². The minimum Gasteiger partial charge on any atom is -0.494 e. The van der Waals surface area contributed by atoms with Crippen molar-refractivity contribution in [2.24, 2.45) is 5.73 Å². The summed E-state index contributed by atoms with van der Waals surface area (Å²) in [6.45, 7) is 5.67. The van der Waals surface area contributed by atoms with E-state index in [0.717, 1.165) is 5.56 Å². The van der Waals surface area contributed by atoms with Crippen molar-refractivity contribution in [1.82, 2.24) is 0 Å². The molecule has 1 atom stereocenters. The molecule has 4 heteroatoms. The zero-order valence-corrected chi connectivity index (χ0v) is 9.78. The van der Waals surface area contributed by atoms with E-state index in [2.05, 4.69) is 0 Å². The average molecular weight is 223 g/mol. The van der Waals surface area contributed by atoms with Gasteiger partial charge in [0.25, 0.3) is 0 Å².